The maximum absolute atomic E-state index is 13.4. The fourth-order valence-corrected chi connectivity index (χ4v) is 5.72. The largest absolute Gasteiger partial charge is 0.497 e. The molecule has 2 aromatic rings. The fourth-order valence-electron chi connectivity index (χ4n) is 5.45. The van der Waals surface area contributed by atoms with E-state index in [-0.39, 0.29) is 30.6 Å². The number of hydrogen-bond donors (Lipinski definition) is 2. The van der Waals surface area contributed by atoms with E-state index in [4.69, 9.17) is 4.74 Å². The van der Waals surface area contributed by atoms with Crippen molar-refractivity contribution in [3.05, 3.63) is 58.6 Å². The summed E-state index contributed by atoms with van der Waals surface area (Å²) in [5.74, 6) is 1.32. The maximum atomic E-state index is 13.4. The SMILES string of the molecule is COc1ccc(NC(=O)N2CC(CN(C)C)CCN3[C@H](CO)[C@H](c4ccc(Br)cc4)[C@@H]3C2)cc1. The van der Waals surface area contributed by atoms with Crippen molar-refractivity contribution < 1.29 is 14.6 Å². The molecule has 0 spiro atoms. The molecule has 34 heavy (non-hydrogen) atoms. The van der Waals surface area contributed by atoms with Gasteiger partial charge in [-0.15, -0.1) is 0 Å². The number of aliphatic hydroxyl groups is 1. The van der Waals surface area contributed by atoms with Gasteiger partial charge in [-0.3, -0.25) is 4.90 Å². The highest BCUT2D eigenvalue weighted by atomic mass is 79.9. The summed E-state index contributed by atoms with van der Waals surface area (Å²) in [5, 5.41) is 13.3. The van der Waals surface area contributed by atoms with Crippen molar-refractivity contribution in [2.45, 2.75) is 24.4 Å². The molecule has 7 nitrogen and oxygen atoms in total. The molecular weight excluding hydrogens is 496 g/mol. The summed E-state index contributed by atoms with van der Waals surface area (Å²) in [7, 11) is 5.78. The Hall–Kier alpha value is -2.13. The number of benzene rings is 2. The Balaban J connectivity index is 1.56. The molecule has 2 aliphatic rings. The van der Waals surface area contributed by atoms with Gasteiger partial charge < -0.3 is 25.0 Å². The quantitative estimate of drug-likeness (QED) is 0.595. The Bertz CT molecular complexity index is 954. The average molecular weight is 531 g/mol. The first-order valence-corrected chi connectivity index (χ1v) is 12.7. The molecule has 0 aliphatic carbocycles. The lowest BCUT2D eigenvalue weighted by molar-refractivity contribution is -0.0649. The van der Waals surface area contributed by atoms with Crippen LogP contribution in [-0.4, -0.2) is 91.9 Å². The summed E-state index contributed by atoms with van der Waals surface area (Å²) < 4.78 is 6.27. The molecule has 184 valence electrons. The number of hydrogen-bond acceptors (Lipinski definition) is 5. The van der Waals surface area contributed by atoms with E-state index in [0.29, 0.717) is 19.0 Å². The minimum absolute atomic E-state index is 0.0794. The highest BCUT2D eigenvalue weighted by molar-refractivity contribution is 9.10. The van der Waals surface area contributed by atoms with Gasteiger partial charge in [-0.25, -0.2) is 4.79 Å². The Morgan fingerprint density at radius 2 is 1.85 bits per heavy atom. The lowest BCUT2D eigenvalue weighted by atomic mass is 9.74. The van der Waals surface area contributed by atoms with E-state index in [1.807, 2.05) is 29.2 Å². The molecule has 4 atom stereocenters. The monoisotopic (exact) mass is 530 g/mol. The number of halogens is 1. The molecule has 2 heterocycles. The number of aliphatic hydroxyl groups excluding tert-OH is 1. The zero-order valence-corrected chi connectivity index (χ0v) is 21.7. The number of amides is 2. The van der Waals surface area contributed by atoms with Crippen LogP contribution < -0.4 is 10.1 Å². The number of urea groups is 1. The van der Waals surface area contributed by atoms with Crippen LogP contribution in [0.5, 0.6) is 5.75 Å². The zero-order valence-electron chi connectivity index (χ0n) is 20.2. The summed E-state index contributed by atoms with van der Waals surface area (Å²) >= 11 is 3.52. The molecule has 2 aromatic carbocycles. The number of nitrogens with one attached hydrogen (secondary N) is 1. The molecule has 2 N–H and O–H groups in total. The Kier molecular flexibility index (Phi) is 8.14. The van der Waals surface area contributed by atoms with E-state index in [0.717, 1.165) is 35.4 Å². The molecule has 0 saturated carbocycles. The van der Waals surface area contributed by atoms with E-state index in [2.05, 4.69) is 69.4 Å². The van der Waals surface area contributed by atoms with Crippen LogP contribution in [0.25, 0.3) is 0 Å². The number of rotatable bonds is 6. The third-order valence-corrected chi connectivity index (χ3v) is 7.59. The number of nitrogens with zero attached hydrogens (tertiary/aromatic N) is 3. The summed E-state index contributed by atoms with van der Waals surface area (Å²) in [6.45, 7) is 3.32. The van der Waals surface area contributed by atoms with Gasteiger partial charge in [-0.2, -0.15) is 0 Å². The van der Waals surface area contributed by atoms with Crippen molar-refractivity contribution in [2.75, 3.05) is 59.3 Å². The van der Waals surface area contributed by atoms with Crippen LogP contribution >= 0.6 is 15.9 Å². The third kappa shape index (κ3) is 5.57. The number of fused-ring (bicyclic) bond motifs is 1. The zero-order chi connectivity index (χ0) is 24.2. The van der Waals surface area contributed by atoms with E-state index >= 15 is 0 Å². The van der Waals surface area contributed by atoms with Crippen LogP contribution in [0, 0.1) is 5.92 Å². The number of ether oxygens (including phenoxy) is 1. The minimum atomic E-state index is -0.0854. The molecule has 1 unspecified atom stereocenters. The van der Waals surface area contributed by atoms with Crippen molar-refractivity contribution in [3.8, 4) is 5.75 Å². The normalized spacial score (nSPS) is 25.2. The van der Waals surface area contributed by atoms with Crippen molar-refractivity contribution in [2.24, 2.45) is 5.92 Å². The van der Waals surface area contributed by atoms with Gasteiger partial charge in [0.2, 0.25) is 0 Å². The van der Waals surface area contributed by atoms with E-state index in [1.165, 1.54) is 5.56 Å². The van der Waals surface area contributed by atoms with Gasteiger partial charge >= 0.3 is 6.03 Å². The Morgan fingerprint density at radius 3 is 2.47 bits per heavy atom. The first-order chi connectivity index (χ1) is 16.4. The van der Waals surface area contributed by atoms with Gasteiger partial charge in [0.25, 0.3) is 0 Å². The summed E-state index contributed by atoms with van der Waals surface area (Å²) in [6.07, 6.45) is 0.991. The second kappa shape index (κ2) is 11.1. The summed E-state index contributed by atoms with van der Waals surface area (Å²) in [6, 6.07) is 16.0. The second-order valence-corrected chi connectivity index (χ2v) is 10.5. The second-order valence-electron chi connectivity index (χ2n) is 9.61. The molecule has 2 fully saturated rings. The van der Waals surface area contributed by atoms with Gasteiger partial charge in [0.1, 0.15) is 5.75 Å². The molecule has 2 saturated heterocycles. The van der Waals surface area contributed by atoms with Gasteiger partial charge in [0.05, 0.1) is 13.7 Å². The minimum Gasteiger partial charge on any atom is -0.497 e. The lowest BCUT2D eigenvalue weighted by Crippen LogP contribution is -2.68. The molecular formula is C26H35BrN4O3. The molecule has 2 aliphatic heterocycles. The Morgan fingerprint density at radius 1 is 1.15 bits per heavy atom. The lowest BCUT2D eigenvalue weighted by Gasteiger charge is -2.57. The molecule has 2 amide bonds. The van der Waals surface area contributed by atoms with Crippen LogP contribution in [0.1, 0.15) is 17.9 Å². The van der Waals surface area contributed by atoms with Crippen LogP contribution in [0.15, 0.2) is 53.0 Å². The summed E-state index contributed by atoms with van der Waals surface area (Å²) in [4.78, 5) is 20.0. The predicted molar refractivity (Wildman–Crippen MR) is 138 cm³/mol. The topological polar surface area (TPSA) is 68.3 Å². The number of methoxy groups -OCH3 is 1. The third-order valence-electron chi connectivity index (χ3n) is 7.06. The summed E-state index contributed by atoms with van der Waals surface area (Å²) in [5.41, 5.74) is 1.96. The molecule has 0 bridgehead atoms. The first kappa shape index (κ1) is 25.0. The highest BCUT2D eigenvalue weighted by Crippen LogP contribution is 2.42. The smallest absolute Gasteiger partial charge is 0.321 e. The molecule has 0 aromatic heterocycles. The molecule has 4 rings (SSSR count). The maximum Gasteiger partial charge on any atom is 0.321 e. The average Bonchev–Trinajstić information content (AvgIpc) is 2.80. The van der Waals surface area contributed by atoms with Gasteiger partial charge in [-0.05, 0) is 74.9 Å². The fraction of sp³-hybridized carbons (Fsp3) is 0.500. The van der Waals surface area contributed by atoms with E-state index in [9.17, 15) is 9.90 Å². The van der Waals surface area contributed by atoms with Crippen LogP contribution in [0.2, 0.25) is 0 Å². The number of carbonyl (C=O) groups is 1. The van der Waals surface area contributed by atoms with Crippen LogP contribution in [0.4, 0.5) is 10.5 Å². The van der Waals surface area contributed by atoms with Crippen molar-refractivity contribution in [3.63, 3.8) is 0 Å². The molecule has 8 heteroatoms. The van der Waals surface area contributed by atoms with E-state index < -0.39 is 0 Å². The van der Waals surface area contributed by atoms with Gasteiger partial charge in [-0.1, -0.05) is 28.1 Å². The number of carbonyl (C=O) groups excluding carboxylic acids is 1. The standard InChI is InChI=1S/C26H35BrN4O3/c1-29(2)14-18-12-13-31-23(25(24(31)17-32)19-4-6-20(27)7-5-19)16-30(15-18)26(33)28-21-8-10-22(34-3)11-9-21/h4-11,18,23-25,32H,12-17H2,1-3H3,(H,28,33)/t18?,23-,24+,25+/m0/s1. The van der Waals surface area contributed by atoms with Crippen LogP contribution in [-0.2, 0) is 0 Å². The number of anilines is 1. The van der Waals surface area contributed by atoms with Gasteiger partial charge in [0.15, 0.2) is 0 Å². The Labute approximate surface area is 210 Å². The van der Waals surface area contributed by atoms with E-state index in [1.54, 1.807) is 7.11 Å². The van der Waals surface area contributed by atoms with Gasteiger partial charge in [0, 0.05) is 47.8 Å². The van der Waals surface area contributed by atoms with Crippen molar-refractivity contribution in [1.82, 2.24) is 14.7 Å². The highest BCUT2D eigenvalue weighted by Gasteiger charge is 2.50. The van der Waals surface area contributed by atoms with Crippen LogP contribution in [0.3, 0.4) is 0 Å². The molecule has 0 radical (unpaired) electrons. The van der Waals surface area contributed by atoms with Crippen molar-refractivity contribution >= 4 is 27.6 Å². The first-order valence-electron chi connectivity index (χ1n) is 11.9. The van der Waals surface area contributed by atoms with Crippen molar-refractivity contribution in [1.29, 1.82) is 0 Å². The predicted octanol–water partition coefficient (Wildman–Crippen LogP) is 3.70.